The second-order valence-electron chi connectivity index (χ2n) is 4.95. The van der Waals surface area contributed by atoms with Gasteiger partial charge in [-0.15, -0.1) is 0 Å². The highest BCUT2D eigenvalue weighted by molar-refractivity contribution is 6.68. The van der Waals surface area contributed by atoms with Crippen molar-refractivity contribution in [1.29, 1.82) is 0 Å². The molecule has 0 amide bonds. The van der Waals surface area contributed by atoms with E-state index < -0.39 is 3.79 Å². The molecule has 1 unspecified atom stereocenters. The summed E-state index contributed by atoms with van der Waals surface area (Å²) in [7, 11) is 1.80. The van der Waals surface area contributed by atoms with Crippen molar-refractivity contribution in [1.82, 2.24) is 9.91 Å². The quantitative estimate of drug-likeness (QED) is 0.684. The van der Waals surface area contributed by atoms with E-state index in [-0.39, 0.29) is 11.6 Å². The van der Waals surface area contributed by atoms with Gasteiger partial charge >= 0.3 is 0 Å². The molecule has 0 radical (unpaired) electrons. The van der Waals surface area contributed by atoms with Crippen molar-refractivity contribution in [3.05, 3.63) is 0 Å². The van der Waals surface area contributed by atoms with Crippen molar-refractivity contribution in [3.8, 4) is 0 Å². The van der Waals surface area contributed by atoms with Crippen LogP contribution in [0.2, 0.25) is 0 Å². The second kappa shape index (κ2) is 4.19. The number of hydrogen-bond donors (Lipinski definition) is 0. The SMILES string of the molecule is CN1N=CN(CC(C)(C)C)C1C(Cl)(Cl)Cl. The normalized spacial score (nSPS) is 22.7. The van der Waals surface area contributed by atoms with E-state index in [1.54, 1.807) is 18.4 Å². The Morgan fingerprint density at radius 2 is 1.80 bits per heavy atom. The topological polar surface area (TPSA) is 18.8 Å². The van der Waals surface area contributed by atoms with Gasteiger partial charge in [-0.3, -0.25) is 5.01 Å². The first-order chi connectivity index (χ1) is 6.61. The molecule has 0 aromatic rings. The highest BCUT2D eigenvalue weighted by Gasteiger charge is 2.43. The molecule has 0 spiro atoms. The molecule has 1 aliphatic heterocycles. The van der Waals surface area contributed by atoms with Crippen molar-refractivity contribution >= 4 is 41.1 Å². The Labute approximate surface area is 106 Å². The first-order valence-electron chi connectivity index (χ1n) is 4.71. The van der Waals surface area contributed by atoms with Gasteiger partial charge in [-0.1, -0.05) is 55.6 Å². The van der Waals surface area contributed by atoms with Gasteiger partial charge in [0.15, 0.2) is 6.17 Å². The van der Waals surface area contributed by atoms with Crippen molar-refractivity contribution < 1.29 is 0 Å². The van der Waals surface area contributed by atoms with Gasteiger partial charge in [0, 0.05) is 13.6 Å². The predicted molar refractivity (Wildman–Crippen MR) is 66.5 cm³/mol. The Morgan fingerprint density at radius 1 is 1.27 bits per heavy atom. The molecule has 0 bridgehead atoms. The lowest BCUT2D eigenvalue weighted by Crippen LogP contribution is -2.49. The summed E-state index contributed by atoms with van der Waals surface area (Å²) in [6.07, 6.45) is 1.39. The summed E-state index contributed by atoms with van der Waals surface area (Å²) in [5.74, 6) is 0. The van der Waals surface area contributed by atoms with Crippen LogP contribution < -0.4 is 0 Å². The molecule has 0 saturated heterocycles. The maximum Gasteiger partial charge on any atom is 0.230 e. The van der Waals surface area contributed by atoms with E-state index in [9.17, 15) is 0 Å². The van der Waals surface area contributed by atoms with Crippen molar-refractivity contribution in [2.75, 3.05) is 13.6 Å². The zero-order valence-electron chi connectivity index (χ0n) is 9.34. The highest BCUT2D eigenvalue weighted by Crippen LogP contribution is 2.37. The summed E-state index contributed by atoms with van der Waals surface area (Å²) >= 11 is 17.8. The van der Waals surface area contributed by atoms with E-state index >= 15 is 0 Å². The summed E-state index contributed by atoms with van der Waals surface area (Å²) in [5, 5.41) is 5.80. The average Bonchev–Trinajstić information content (AvgIpc) is 2.25. The molecule has 0 aliphatic carbocycles. The Balaban J connectivity index is 2.77. The first-order valence-corrected chi connectivity index (χ1v) is 5.84. The lowest BCUT2D eigenvalue weighted by atomic mass is 9.96. The Kier molecular flexibility index (Phi) is 3.69. The minimum atomic E-state index is -1.36. The van der Waals surface area contributed by atoms with E-state index in [2.05, 4.69) is 25.9 Å². The van der Waals surface area contributed by atoms with Crippen LogP contribution in [-0.2, 0) is 0 Å². The monoisotopic (exact) mass is 271 g/mol. The van der Waals surface area contributed by atoms with Gasteiger partial charge in [-0.25, -0.2) is 0 Å². The number of hydrogen-bond acceptors (Lipinski definition) is 3. The third kappa shape index (κ3) is 3.58. The summed E-state index contributed by atoms with van der Waals surface area (Å²) in [6, 6.07) is 0. The molecule has 6 heteroatoms. The van der Waals surface area contributed by atoms with E-state index in [1.165, 1.54) is 0 Å². The molecule has 3 nitrogen and oxygen atoms in total. The Hall–Kier alpha value is 0.140. The second-order valence-corrected chi connectivity index (χ2v) is 7.32. The third-order valence-electron chi connectivity index (χ3n) is 2.00. The molecule has 0 fully saturated rings. The van der Waals surface area contributed by atoms with E-state index in [0.29, 0.717) is 0 Å². The fourth-order valence-corrected chi connectivity index (χ4v) is 2.36. The smallest absolute Gasteiger partial charge is 0.230 e. The van der Waals surface area contributed by atoms with Crippen LogP contribution in [0.3, 0.4) is 0 Å². The van der Waals surface area contributed by atoms with E-state index in [1.807, 2.05) is 4.90 Å². The molecule has 0 aromatic carbocycles. The number of halogens is 3. The molecular weight excluding hydrogens is 256 g/mol. The molecule has 0 saturated carbocycles. The summed E-state index contributed by atoms with van der Waals surface area (Å²) in [4.78, 5) is 1.95. The largest absolute Gasteiger partial charge is 0.335 e. The third-order valence-corrected chi connectivity index (χ3v) is 2.59. The van der Waals surface area contributed by atoms with Gasteiger partial charge in [-0.05, 0) is 5.41 Å². The number of alkyl halides is 3. The number of rotatable bonds is 1. The molecule has 1 atom stereocenters. The molecule has 1 aliphatic rings. The summed E-state index contributed by atoms with van der Waals surface area (Å²) in [6.45, 7) is 7.19. The van der Waals surface area contributed by atoms with Crippen LogP contribution in [0.1, 0.15) is 20.8 Å². The van der Waals surface area contributed by atoms with E-state index in [4.69, 9.17) is 34.8 Å². The van der Waals surface area contributed by atoms with Gasteiger partial charge in [0.2, 0.25) is 3.79 Å². The van der Waals surface area contributed by atoms with Crippen LogP contribution in [0.25, 0.3) is 0 Å². The minimum Gasteiger partial charge on any atom is -0.335 e. The van der Waals surface area contributed by atoms with Crippen molar-refractivity contribution in [3.63, 3.8) is 0 Å². The lowest BCUT2D eigenvalue weighted by Gasteiger charge is -2.36. The van der Waals surface area contributed by atoms with Crippen molar-refractivity contribution in [2.24, 2.45) is 10.5 Å². The van der Waals surface area contributed by atoms with Crippen LogP contribution in [0, 0.1) is 5.41 Å². The fourth-order valence-electron chi connectivity index (χ4n) is 1.56. The van der Waals surface area contributed by atoms with Crippen LogP contribution in [0.4, 0.5) is 0 Å². The Bertz CT molecular complexity index is 254. The number of hydrazone groups is 1. The van der Waals surface area contributed by atoms with Crippen LogP contribution in [0.5, 0.6) is 0 Å². The molecule has 0 aromatic heterocycles. The highest BCUT2D eigenvalue weighted by atomic mass is 35.6. The zero-order valence-corrected chi connectivity index (χ0v) is 11.6. The van der Waals surface area contributed by atoms with E-state index in [0.717, 1.165) is 6.54 Å². The number of nitrogens with zero attached hydrogens (tertiary/aromatic N) is 3. The maximum atomic E-state index is 5.93. The molecule has 88 valence electrons. The summed E-state index contributed by atoms with van der Waals surface area (Å²) < 4.78 is -1.36. The lowest BCUT2D eigenvalue weighted by molar-refractivity contribution is 0.133. The van der Waals surface area contributed by atoms with Crippen LogP contribution >= 0.6 is 34.8 Å². The van der Waals surface area contributed by atoms with Gasteiger partial charge in [0.1, 0.15) is 6.34 Å². The molecule has 15 heavy (non-hydrogen) atoms. The van der Waals surface area contributed by atoms with Crippen LogP contribution in [-0.4, -0.2) is 39.8 Å². The minimum absolute atomic E-state index is 0.130. The zero-order chi connectivity index (χ0) is 11.9. The molecule has 0 N–H and O–H groups in total. The van der Waals surface area contributed by atoms with Gasteiger partial charge in [0.05, 0.1) is 0 Å². The van der Waals surface area contributed by atoms with Gasteiger partial charge in [-0.2, -0.15) is 5.10 Å². The predicted octanol–water partition coefficient (Wildman–Crippen LogP) is 2.92. The Morgan fingerprint density at radius 3 is 2.20 bits per heavy atom. The van der Waals surface area contributed by atoms with Gasteiger partial charge < -0.3 is 4.90 Å². The first kappa shape index (κ1) is 13.2. The van der Waals surface area contributed by atoms with Crippen LogP contribution in [0.15, 0.2) is 5.10 Å². The average molecular weight is 273 g/mol. The molecular formula is C9H16Cl3N3. The summed E-state index contributed by atoms with van der Waals surface area (Å²) in [5.41, 5.74) is 0.130. The maximum absolute atomic E-state index is 5.93. The van der Waals surface area contributed by atoms with Gasteiger partial charge in [0.25, 0.3) is 0 Å². The molecule has 1 heterocycles. The standard InChI is InChI=1S/C9H16Cl3N3/c1-8(2,3)5-15-6-13-14(4)7(15)9(10,11)12/h6-7H,5H2,1-4H3. The molecule has 1 rings (SSSR count). The van der Waals surface area contributed by atoms with Crippen molar-refractivity contribution in [2.45, 2.75) is 30.7 Å². The fraction of sp³-hybridized carbons (Fsp3) is 0.889.